The molecule has 1 atom stereocenters. The summed E-state index contributed by atoms with van der Waals surface area (Å²) in [6.45, 7) is 5.84. The second-order valence-corrected chi connectivity index (χ2v) is 6.57. The molecule has 0 bridgehead atoms. The fourth-order valence-corrected chi connectivity index (χ4v) is 3.07. The third-order valence-corrected chi connectivity index (χ3v) is 4.59. The van der Waals surface area contributed by atoms with Crippen LogP contribution in [0.2, 0.25) is 0 Å². The minimum atomic E-state index is 0.285. The van der Waals surface area contributed by atoms with E-state index in [-0.39, 0.29) is 6.10 Å². The van der Waals surface area contributed by atoms with Crippen LogP contribution < -0.4 is 15.5 Å². The Morgan fingerprint density at radius 1 is 1.35 bits per heavy atom. The summed E-state index contributed by atoms with van der Waals surface area (Å²) in [5.41, 5.74) is 0.910. The van der Waals surface area contributed by atoms with Crippen molar-refractivity contribution in [2.24, 2.45) is 0 Å². The van der Waals surface area contributed by atoms with Crippen LogP contribution in [0.5, 0.6) is 0 Å². The van der Waals surface area contributed by atoms with Crippen LogP contribution in [0.1, 0.15) is 12.8 Å². The van der Waals surface area contributed by atoms with Crippen LogP contribution in [0.3, 0.4) is 0 Å². The van der Waals surface area contributed by atoms with Gasteiger partial charge in [-0.3, -0.25) is 0 Å². The quantitative estimate of drug-likeness (QED) is 0.804. The summed E-state index contributed by atoms with van der Waals surface area (Å²) in [5.74, 6) is 1.03. The van der Waals surface area contributed by atoms with Crippen LogP contribution in [0.25, 0.3) is 0 Å². The van der Waals surface area contributed by atoms with Crippen LogP contribution in [0.4, 0.5) is 11.5 Å². The first-order chi connectivity index (χ1) is 11.2. The van der Waals surface area contributed by atoms with Crippen LogP contribution in [0, 0.1) is 0 Å². The van der Waals surface area contributed by atoms with E-state index in [1.807, 2.05) is 12.3 Å². The minimum Gasteiger partial charge on any atom is -0.376 e. The number of rotatable bonds is 4. The molecular weight excluding hydrogens is 310 g/mol. The fraction of sp³-hybridized carbons (Fsp3) is 0.625. The van der Waals surface area contributed by atoms with E-state index in [4.69, 9.17) is 17.0 Å². The number of likely N-dealkylation sites (N-methyl/N-ethyl adjacent to an activating group) is 1. The first-order valence-corrected chi connectivity index (χ1v) is 8.67. The zero-order valence-electron chi connectivity index (χ0n) is 13.6. The van der Waals surface area contributed by atoms with E-state index < -0.39 is 0 Å². The van der Waals surface area contributed by atoms with Crippen molar-refractivity contribution in [1.29, 1.82) is 0 Å². The Morgan fingerprint density at radius 3 is 2.83 bits per heavy atom. The molecule has 2 aliphatic rings. The molecule has 2 aliphatic heterocycles. The van der Waals surface area contributed by atoms with Crippen molar-refractivity contribution in [3.63, 3.8) is 0 Å². The number of hydrogen-bond donors (Lipinski definition) is 2. The van der Waals surface area contributed by atoms with E-state index in [2.05, 4.69) is 38.5 Å². The maximum atomic E-state index is 5.57. The van der Waals surface area contributed by atoms with E-state index in [1.165, 1.54) is 0 Å². The molecule has 3 heterocycles. The summed E-state index contributed by atoms with van der Waals surface area (Å²) in [7, 11) is 2.16. The average molecular weight is 335 g/mol. The van der Waals surface area contributed by atoms with Crippen molar-refractivity contribution in [2.45, 2.75) is 18.9 Å². The van der Waals surface area contributed by atoms with Gasteiger partial charge in [0.05, 0.1) is 18.0 Å². The van der Waals surface area contributed by atoms with Crippen LogP contribution >= 0.6 is 12.2 Å². The maximum absolute atomic E-state index is 5.57. The monoisotopic (exact) mass is 335 g/mol. The predicted octanol–water partition coefficient (Wildman–Crippen LogP) is 1.30. The molecule has 2 saturated heterocycles. The molecule has 0 radical (unpaired) electrons. The average Bonchev–Trinajstić information content (AvgIpc) is 3.08. The van der Waals surface area contributed by atoms with Crippen LogP contribution in [0.15, 0.2) is 18.3 Å². The van der Waals surface area contributed by atoms with Crippen LogP contribution in [-0.4, -0.2) is 67.5 Å². The van der Waals surface area contributed by atoms with Gasteiger partial charge >= 0.3 is 0 Å². The highest BCUT2D eigenvalue weighted by Gasteiger charge is 2.16. The van der Waals surface area contributed by atoms with Crippen LogP contribution in [-0.2, 0) is 4.74 Å². The van der Waals surface area contributed by atoms with Crippen molar-refractivity contribution in [2.75, 3.05) is 56.6 Å². The number of piperazine rings is 1. The van der Waals surface area contributed by atoms with E-state index >= 15 is 0 Å². The van der Waals surface area contributed by atoms with Crippen molar-refractivity contribution in [3.05, 3.63) is 18.3 Å². The molecule has 2 N–H and O–H groups in total. The zero-order chi connectivity index (χ0) is 16.1. The second kappa shape index (κ2) is 7.90. The second-order valence-electron chi connectivity index (χ2n) is 6.17. The summed E-state index contributed by atoms with van der Waals surface area (Å²) >= 11 is 5.32. The number of pyridine rings is 1. The highest BCUT2D eigenvalue weighted by Crippen LogP contribution is 2.16. The van der Waals surface area contributed by atoms with Gasteiger partial charge in [-0.25, -0.2) is 4.98 Å². The first-order valence-electron chi connectivity index (χ1n) is 8.27. The zero-order valence-corrected chi connectivity index (χ0v) is 14.4. The number of ether oxygens (including phenoxy) is 1. The number of nitrogens with one attached hydrogen (secondary N) is 2. The molecule has 1 aromatic rings. The number of aromatic nitrogens is 1. The molecule has 0 aliphatic carbocycles. The van der Waals surface area contributed by atoms with Crippen molar-refractivity contribution in [3.8, 4) is 0 Å². The molecule has 0 aromatic carbocycles. The number of thiocarbonyl (C=S) groups is 1. The van der Waals surface area contributed by atoms with Gasteiger partial charge in [0.1, 0.15) is 5.82 Å². The Morgan fingerprint density at radius 2 is 2.17 bits per heavy atom. The van der Waals surface area contributed by atoms with E-state index in [0.717, 1.165) is 63.7 Å². The van der Waals surface area contributed by atoms with Crippen molar-refractivity contribution >= 4 is 28.8 Å². The largest absolute Gasteiger partial charge is 0.376 e. The van der Waals surface area contributed by atoms with Gasteiger partial charge in [-0.1, -0.05) is 0 Å². The molecule has 0 saturated carbocycles. The third kappa shape index (κ3) is 4.76. The van der Waals surface area contributed by atoms with Gasteiger partial charge in [-0.15, -0.1) is 0 Å². The lowest BCUT2D eigenvalue weighted by atomic mass is 10.2. The molecule has 126 valence electrons. The van der Waals surface area contributed by atoms with Gasteiger partial charge in [-0.05, 0) is 44.2 Å². The summed E-state index contributed by atoms with van der Waals surface area (Å²) in [4.78, 5) is 9.21. The Bertz CT molecular complexity index is 510. The predicted molar refractivity (Wildman–Crippen MR) is 97.1 cm³/mol. The lowest BCUT2D eigenvalue weighted by molar-refractivity contribution is 0.114. The molecule has 0 amide bonds. The molecule has 6 nitrogen and oxygen atoms in total. The maximum Gasteiger partial charge on any atom is 0.170 e. The summed E-state index contributed by atoms with van der Waals surface area (Å²) < 4.78 is 5.57. The number of nitrogens with zero attached hydrogens (tertiary/aromatic N) is 3. The van der Waals surface area contributed by atoms with Gasteiger partial charge in [-0.2, -0.15) is 0 Å². The number of anilines is 2. The molecule has 23 heavy (non-hydrogen) atoms. The summed E-state index contributed by atoms with van der Waals surface area (Å²) in [5, 5.41) is 7.01. The van der Waals surface area contributed by atoms with E-state index in [0.29, 0.717) is 5.11 Å². The first kappa shape index (κ1) is 16.4. The standard InChI is InChI=1S/C16H25N5OS/c1-20-6-8-21(9-7-20)15-5-4-13(11-17-15)19-16(23)18-12-14-3-2-10-22-14/h4-5,11,14H,2-3,6-10,12H2,1H3,(H2,18,19,23)/t14-/m1/s1. The molecular formula is C16H25N5OS. The van der Waals surface area contributed by atoms with E-state index in [9.17, 15) is 0 Å². The van der Waals surface area contributed by atoms with Gasteiger partial charge in [0.25, 0.3) is 0 Å². The van der Waals surface area contributed by atoms with Gasteiger partial charge in [0.2, 0.25) is 0 Å². The minimum absolute atomic E-state index is 0.285. The Balaban J connectivity index is 1.46. The van der Waals surface area contributed by atoms with Gasteiger partial charge in [0.15, 0.2) is 5.11 Å². The molecule has 3 rings (SSSR count). The lowest BCUT2D eigenvalue weighted by Crippen LogP contribution is -2.44. The van der Waals surface area contributed by atoms with Gasteiger partial charge in [0, 0.05) is 39.3 Å². The SMILES string of the molecule is CN1CCN(c2ccc(NC(=S)NC[C@H]3CCCO3)cn2)CC1. The highest BCUT2D eigenvalue weighted by molar-refractivity contribution is 7.80. The Hall–Kier alpha value is -1.44. The topological polar surface area (TPSA) is 52.7 Å². The number of hydrogen-bond acceptors (Lipinski definition) is 5. The molecule has 7 heteroatoms. The molecule has 2 fully saturated rings. The molecule has 0 spiro atoms. The van der Waals surface area contributed by atoms with Crippen molar-refractivity contribution < 1.29 is 4.74 Å². The molecule has 0 unspecified atom stereocenters. The molecule has 1 aromatic heterocycles. The van der Waals surface area contributed by atoms with Gasteiger partial charge < -0.3 is 25.2 Å². The summed E-state index contributed by atoms with van der Waals surface area (Å²) in [6, 6.07) is 4.08. The summed E-state index contributed by atoms with van der Waals surface area (Å²) in [6.07, 6.45) is 4.38. The highest BCUT2D eigenvalue weighted by atomic mass is 32.1. The Labute approximate surface area is 143 Å². The Kier molecular flexibility index (Phi) is 5.64. The lowest BCUT2D eigenvalue weighted by Gasteiger charge is -2.33. The smallest absolute Gasteiger partial charge is 0.170 e. The van der Waals surface area contributed by atoms with E-state index in [1.54, 1.807) is 0 Å². The third-order valence-electron chi connectivity index (χ3n) is 4.35. The normalized spacial score (nSPS) is 22.1. The fourth-order valence-electron chi connectivity index (χ4n) is 2.87. The van der Waals surface area contributed by atoms with Crippen molar-refractivity contribution in [1.82, 2.24) is 15.2 Å².